The lowest BCUT2D eigenvalue weighted by molar-refractivity contribution is -0.120. The fourth-order valence-corrected chi connectivity index (χ4v) is 2.07. The summed E-state index contributed by atoms with van der Waals surface area (Å²) in [4.78, 5) is 23.4. The van der Waals surface area contributed by atoms with Gasteiger partial charge in [-0.05, 0) is 24.6 Å². The lowest BCUT2D eigenvalue weighted by Gasteiger charge is -2.14. The van der Waals surface area contributed by atoms with Gasteiger partial charge in [0.25, 0.3) is 0 Å². The number of benzene rings is 2. The normalized spacial score (nSPS) is 11.3. The number of hydrogen-bond acceptors (Lipinski definition) is 4. The molecule has 0 aromatic heterocycles. The first kappa shape index (κ1) is 16.5. The zero-order valence-corrected chi connectivity index (χ0v) is 13.0. The van der Waals surface area contributed by atoms with E-state index >= 15 is 0 Å². The molecule has 0 heterocycles. The van der Waals surface area contributed by atoms with E-state index in [1.54, 1.807) is 0 Å². The van der Waals surface area contributed by atoms with Crippen LogP contribution in [-0.2, 0) is 16.1 Å². The van der Waals surface area contributed by atoms with Crippen LogP contribution in [0.3, 0.4) is 0 Å². The highest BCUT2D eigenvalue weighted by Crippen LogP contribution is 2.08. The molecular weight excluding hydrogens is 292 g/mol. The van der Waals surface area contributed by atoms with Crippen LogP contribution in [0.4, 0.5) is 10.5 Å². The van der Waals surface area contributed by atoms with Gasteiger partial charge in [0.2, 0.25) is 5.91 Å². The molecule has 1 unspecified atom stereocenters. The molecule has 5 heteroatoms. The maximum Gasteiger partial charge on any atom is 0.414 e. The summed E-state index contributed by atoms with van der Waals surface area (Å²) in [6.07, 6.45) is -0.555. The lowest BCUT2D eigenvalue weighted by Crippen LogP contribution is -2.34. The van der Waals surface area contributed by atoms with Gasteiger partial charge in [0.15, 0.2) is 0 Å². The average molecular weight is 312 g/mol. The summed E-state index contributed by atoms with van der Waals surface area (Å²) in [6, 6.07) is 18.8. The molecule has 0 saturated carbocycles. The second kappa shape index (κ2) is 8.58. The van der Waals surface area contributed by atoms with Crippen LogP contribution in [0.2, 0.25) is 0 Å². The molecule has 0 fully saturated rings. The van der Waals surface area contributed by atoms with Gasteiger partial charge >= 0.3 is 6.09 Å². The van der Waals surface area contributed by atoms with Crippen molar-refractivity contribution in [3.63, 3.8) is 0 Å². The highest BCUT2D eigenvalue weighted by atomic mass is 16.5. The number of para-hydroxylation sites is 1. The summed E-state index contributed by atoms with van der Waals surface area (Å²) in [6.45, 7) is 2.01. The Morgan fingerprint density at radius 1 is 1.00 bits per heavy atom. The van der Waals surface area contributed by atoms with Crippen LogP contribution in [0.1, 0.15) is 18.9 Å². The minimum absolute atomic E-state index is 0.0978. The Labute approximate surface area is 135 Å². The number of hydrogen-bond donors (Lipinski definition) is 2. The lowest BCUT2D eigenvalue weighted by atomic mass is 10.2. The molecule has 0 aliphatic heterocycles. The van der Waals surface area contributed by atoms with E-state index in [1.807, 2.05) is 67.6 Å². The van der Waals surface area contributed by atoms with E-state index in [-0.39, 0.29) is 25.0 Å². The number of amides is 2. The minimum atomic E-state index is -0.731. The molecule has 0 radical (unpaired) electrons. The van der Waals surface area contributed by atoms with Crippen LogP contribution in [0.25, 0.3) is 0 Å². The van der Waals surface area contributed by atoms with Crippen LogP contribution in [0.5, 0.6) is 0 Å². The molecule has 2 amide bonds. The molecule has 0 spiro atoms. The number of carbonyl (C=O) groups is 2. The molecule has 2 aromatic rings. The number of nitrogens with one attached hydrogen (secondary N) is 2. The van der Waals surface area contributed by atoms with Gasteiger partial charge in [-0.1, -0.05) is 48.5 Å². The van der Waals surface area contributed by atoms with Crippen LogP contribution in [0.15, 0.2) is 60.7 Å². The van der Waals surface area contributed by atoms with Gasteiger partial charge in [-0.15, -0.1) is 0 Å². The van der Waals surface area contributed by atoms with Crippen molar-refractivity contribution in [2.45, 2.75) is 26.0 Å². The molecule has 2 rings (SSSR count). The van der Waals surface area contributed by atoms with E-state index in [0.717, 1.165) is 11.3 Å². The molecule has 1 atom stereocenters. The van der Waals surface area contributed by atoms with Crippen molar-refractivity contribution in [2.24, 2.45) is 0 Å². The van der Waals surface area contributed by atoms with E-state index < -0.39 is 6.09 Å². The summed E-state index contributed by atoms with van der Waals surface area (Å²) in [7, 11) is 0. The number of imide groups is 1. The Kier molecular flexibility index (Phi) is 6.17. The second-order valence-corrected chi connectivity index (χ2v) is 5.23. The zero-order valence-electron chi connectivity index (χ0n) is 13.0. The minimum Gasteiger partial charge on any atom is -0.444 e. The molecular formula is C18H20N2O3. The molecule has 2 aromatic carbocycles. The predicted octanol–water partition coefficient (Wildman–Crippen LogP) is 3.33. The van der Waals surface area contributed by atoms with E-state index in [2.05, 4.69) is 10.6 Å². The van der Waals surface area contributed by atoms with E-state index in [0.29, 0.717) is 0 Å². The molecule has 5 nitrogen and oxygen atoms in total. The Morgan fingerprint density at radius 2 is 1.61 bits per heavy atom. The standard InChI is InChI=1S/C18H20N2O3/c1-14(19-16-10-6-3-7-11-16)12-17(21)20-18(22)23-13-15-8-4-2-5-9-15/h2-11,14,19H,12-13H2,1H3,(H,20,21,22). The van der Waals surface area contributed by atoms with Crippen molar-refractivity contribution in [3.8, 4) is 0 Å². The van der Waals surface area contributed by atoms with Gasteiger partial charge in [-0.25, -0.2) is 4.79 Å². The number of rotatable bonds is 6. The van der Waals surface area contributed by atoms with Crippen LogP contribution in [0, 0.1) is 0 Å². The van der Waals surface area contributed by atoms with Gasteiger partial charge in [-0.2, -0.15) is 0 Å². The molecule has 120 valence electrons. The third-order valence-electron chi connectivity index (χ3n) is 3.13. The van der Waals surface area contributed by atoms with Gasteiger partial charge in [0.05, 0.1) is 0 Å². The van der Waals surface area contributed by atoms with E-state index in [9.17, 15) is 9.59 Å². The zero-order chi connectivity index (χ0) is 16.5. The smallest absolute Gasteiger partial charge is 0.414 e. The Balaban J connectivity index is 1.70. The molecule has 2 N–H and O–H groups in total. The van der Waals surface area contributed by atoms with Crippen molar-refractivity contribution in [1.29, 1.82) is 0 Å². The van der Waals surface area contributed by atoms with Gasteiger partial charge in [0.1, 0.15) is 6.61 Å². The van der Waals surface area contributed by atoms with E-state index in [4.69, 9.17) is 4.74 Å². The highest BCUT2D eigenvalue weighted by Gasteiger charge is 2.13. The Morgan fingerprint density at radius 3 is 2.26 bits per heavy atom. The van der Waals surface area contributed by atoms with Gasteiger partial charge in [-0.3, -0.25) is 10.1 Å². The van der Waals surface area contributed by atoms with Gasteiger partial charge < -0.3 is 10.1 Å². The fourth-order valence-electron chi connectivity index (χ4n) is 2.07. The average Bonchev–Trinajstić information content (AvgIpc) is 2.54. The van der Waals surface area contributed by atoms with Crippen LogP contribution >= 0.6 is 0 Å². The third kappa shape index (κ3) is 6.22. The quantitative estimate of drug-likeness (QED) is 0.858. The number of alkyl carbamates (subject to hydrolysis) is 1. The molecule has 0 aliphatic rings. The molecule has 23 heavy (non-hydrogen) atoms. The van der Waals surface area contributed by atoms with Crippen molar-refractivity contribution in [2.75, 3.05) is 5.32 Å². The summed E-state index contributed by atoms with van der Waals surface area (Å²) in [5.41, 5.74) is 1.80. The summed E-state index contributed by atoms with van der Waals surface area (Å²) < 4.78 is 5.01. The first-order valence-electron chi connectivity index (χ1n) is 7.45. The van der Waals surface area contributed by atoms with Crippen LogP contribution in [-0.4, -0.2) is 18.0 Å². The maximum atomic E-state index is 11.8. The fraction of sp³-hybridized carbons (Fsp3) is 0.222. The van der Waals surface area contributed by atoms with E-state index in [1.165, 1.54) is 0 Å². The first-order valence-corrected chi connectivity index (χ1v) is 7.45. The Hall–Kier alpha value is -2.82. The number of carbonyl (C=O) groups excluding carboxylic acids is 2. The first-order chi connectivity index (χ1) is 11.1. The maximum absolute atomic E-state index is 11.8. The summed E-state index contributed by atoms with van der Waals surface area (Å²) in [5.74, 6) is -0.376. The van der Waals surface area contributed by atoms with Crippen molar-refractivity contribution < 1.29 is 14.3 Å². The predicted molar refractivity (Wildman–Crippen MR) is 88.9 cm³/mol. The molecule has 0 saturated heterocycles. The second-order valence-electron chi connectivity index (χ2n) is 5.23. The largest absolute Gasteiger partial charge is 0.444 e. The number of ether oxygens (including phenoxy) is 1. The summed E-state index contributed by atoms with van der Waals surface area (Å²) in [5, 5.41) is 5.42. The van der Waals surface area contributed by atoms with Crippen molar-refractivity contribution in [1.82, 2.24) is 5.32 Å². The monoisotopic (exact) mass is 312 g/mol. The van der Waals surface area contributed by atoms with Gasteiger partial charge in [0, 0.05) is 18.2 Å². The van der Waals surface area contributed by atoms with Crippen molar-refractivity contribution in [3.05, 3.63) is 66.2 Å². The highest BCUT2D eigenvalue weighted by molar-refractivity contribution is 5.92. The molecule has 0 bridgehead atoms. The third-order valence-corrected chi connectivity index (χ3v) is 3.13. The number of anilines is 1. The van der Waals surface area contributed by atoms with Crippen molar-refractivity contribution >= 4 is 17.7 Å². The van der Waals surface area contributed by atoms with Crippen LogP contribution < -0.4 is 10.6 Å². The SMILES string of the molecule is CC(CC(=O)NC(=O)OCc1ccccc1)Nc1ccccc1. The summed E-state index contributed by atoms with van der Waals surface area (Å²) >= 11 is 0. The topological polar surface area (TPSA) is 67.4 Å². The Bertz CT molecular complexity index is 629. The molecule has 0 aliphatic carbocycles.